The zero-order chi connectivity index (χ0) is 20.5. The standard InChI is InChI=1S/C21H19Cl2N5/c1-2-7-28-8-6-13-15(9-24)20(27)21(11-25,12-26)18(16(13)10-28)14-4-3-5-17(22)19(14)23/h3-6,16,18H,2,7-8,10,27H2,1H3/t16-,18-/m1/s1. The third kappa shape index (κ3) is 2.95. The maximum Gasteiger partial charge on any atom is 0.191 e. The van der Waals surface area contributed by atoms with Crippen molar-refractivity contribution in [3.63, 3.8) is 0 Å². The van der Waals surface area contributed by atoms with Gasteiger partial charge in [0, 0.05) is 24.9 Å². The average Bonchev–Trinajstić information content (AvgIpc) is 2.70. The minimum Gasteiger partial charge on any atom is -0.399 e. The topological polar surface area (TPSA) is 101 Å². The summed E-state index contributed by atoms with van der Waals surface area (Å²) < 4.78 is 0. The summed E-state index contributed by atoms with van der Waals surface area (Å²) in [5.74, 6) is -0.894. The molecule has 142 valence electrons. The Morgan fingerprint density at radius 1 is 1.25 bits per heavy atom. The Bertz CT molecular complexity index is 976. The third-order valence-electron chi connectivity index (χ3n) is 5.60. The zero-order valence-corrected chi connectivity index (χ0v) is 16.9. The van der Waals surface area contributed by atoms with Crippen LogP contribution in [0.15, 0.2) is 41.1 Å². The zero-order valence-electron chi connectivity index (χ0n) is 15.4. The molecule has 28 heavy (non-hydrogen) atoms. The number of fused-ring (bicyclic) bond motifs is 1. The van der Waals surface area contributed by atoms with Crippen LogP contribution in [0, 0.1) is 45.3 Å². The van der Waals surface area contributed by atoms with Crippen LogP contribution in [0.3, 0.4) is 0 Å². The first kappa shape index (κ1) is 20.2. The minimum absolute atomic E-state index is 0.00696. The van der Waals surface area contributed by atoms with Crippen molar-refractivity contribution < 1.29 is 0 Å². The molecular formula is C21H19Cl2N5. The highest BCUT2D eigenvalue weighted by molar-refractivity contribution is 6.42. The summed E-state index contributed by atoms with van der Waals surface area (Å²) in [7, 11) is 0. The van der Waals surface area contributed by atoms with Crippen LogP contribution in [-0.2, 0) is 0 Å². The van der Waals surface area contributed by atoms with Gasteiger partial charge in [-0.25, -0.2) is 0 Å². The summed E-state index contributed by atoms with van der Waals surface area (Å²) in [5, 5.41) is 30.5. The molecule has 0 saturated heterocycles. The van der Waals surface area contributed by atoms with Crippen molar-refractivity contribution in [2.24, 2.45) is 17.1 Å². The lowest BCUT2D eigenvalue weighted by Gasteiger charge is -2.45. The van der Waals surface area contributed by atoms with Crippen molar-refractivity contribution in [3.8, 4) is 18.2 Å². The van der Waals surface area contributed by atoms with Gasteiger partial charge in [-0.3, -0.25) is 4.90 Å². The van der Waals surface area contributed by atoms with E-state index >= 15 is 0 Å². The van der Waals surface area contributed by atoms with Crippen molar-refractivity contribution >= 4 is 23.2 Å². The monoisotopic (exact) mass is 411 g/mol. The van der Waals surface area contributed by atoms with E-state index in [1.165, 1.54) is 0 Å². The Morgan fingerprint density at radius 2 is 1.96 bits per heavy atom. The van der Waals surface area contributed by atoms with Gasteiger partial charge in [-0.15, -0.1) is 0 Å². The van der Waals surface area contributed by atoms with Gasteiger partial charge in [0.2, 0.25) is 0 Å². The van der Waals surface area contributed by atoms with E-state index in [2.05, 4.69) is 30.0 Å². The Balaban J connectivity index is 2.32. The molecule has 1 aromatic rings. The van der Waals surface area contributed by atoms with E-state index < -0.39 is 11.3 Å². The van der Waals surface area contributed by atoms with Gasteiger partial charge in [-0.05, 0) is 30.2 Å². The molecule has 0 amide bonds. The maximum absolute atomic E-state index is 10.1. The Labute approximate surface area is 174 Å². The Hall–Kier alpha value is -2.49. The van der Waals surface area contributed by atoms with E-state index in [1.807, 2.05) is 6.08 Å². The lowest BCUT2D eigenvalue weighted by atomic mass is 9.58. The van der Waals surface area contributed by atoms with Crippen molar-refractivity contribution in [2.45, 2.75) is 19.3 Å². The van der Waals surface area contributed by atoms with E-state index in [1.54, 1.807) is 18.2 Å². The number of hydrogen-bond acceptors (Lipinski definition) is 5. The number of nitriles is 3. The second kappa shape index (κ2) is 7.86. The van der Waals surface area contributed by atoms with Gasteiger partial charge in [-0.2, -0.15) is 15.8 Å². The van der Waals surface area contributed by atoms with Crippen LogP contribution in [0.2, 0.25) is 10.0 Å². The fourth-order valence-electron chi connectivity index (χ4n) is 4.34. The predicted octanol–water partition coefficient (Wildman–Crippen LogP) is 4.13. The van der Waals surface area contributed by atoms with Crippen LogP contribution < -0.4 is 5.73 Å². The van der Waals surface area contributed by atoms with Gasteiger partial charge in [0.25, 0.3) is 0 Å². The second-order valence-corrected chi connectivity index (χ2v) is 7.86. The highest BCUT2D eigenvalue weighted by atomic mass is 35.5. The maximum atomic E-state index is 10.1. The minimum atomic E-state index is -1.70. The molecule has 1 aliphatic carbocycles. The number of rotatable bonds is 3. The van der Waals surface area contributed by atoms with Gasteiger partial charge in [0.15, 0.2) is 5.41 Å². The van der Waals surface area contributed by atoms with Crippen LogP contribution in [-0.4, -0.2) is 24.5 Å². The highest BCUT2D eigenvalue weighted by Gasteiger charge is 2.55. The van der Waals surface area contributed by atoms with E-state index in [0.29, 0.717) is 28.7 Å². The second-order valence-electron chi connectivity index (χ2n) is 7.08. The summed E-state index contributed by atoms with van der Waals surface area (Å²) in [4.78, 5) is 2.25. The summed E-state index contributed by atoms with van der Waals surface area (Å²) in [6.45, 7) is 4.28. The van der Waals surface area contributed by atoms with Gasteiger partial charge in [-0.1, -0.05) is 48.3 Å². The Morgan fingerprint density at radius 3 is 2.57 bits per heavy atom. The van der Waals surface area contributed by atoms with Crippen LogP contribution in [0.25, 0.3) is 0 Å². The highest BCUT2D eigenvalue weighted by Crippen LogP contribution is 2.55. The quantitative estimate of drug-likeness (QED) is 0.805. The number of nitrogens with two attached hydrogens (primary N) is 1. The first-order valence-corrected chi connectivity index (χ1v) is 9.80. The smallest absolute Gasteiger partial charge is 0.191 e. The number of hydrogen-bond donors (Lipinski definition) is 1. The average molecular weight is 412 g/mol. The first-order chi connectivity index (χ1) is 13.4. The van der Waals surface area contributed by atoms with Crippen molar-refractivity contribution in [1.29, 1.82) is 15.8 Å². The van der Waals surface area contributed by atoms with E-state index in [-0.39, 0.29) is 17.2 Å². The van der Waals surface area contributed by atoms with Crippen LogP contribution in [0.5, 0.6) is 0 Å². The number of allylic oxidation sites excluding steroid dienone is 2. The predicted molar refractivity (Wildman–Crippen MR) is 108 cm³/mol. The molecule has 5 nitrogen and oxygen atoms in total. The molecule has 0 bridgehead atoms. The largest absolute Gasteiger partial charge is 0.399 e. The molecule has 1 aliphatic heterocycles. The van der Waals surface area contributed by atoms with Gasteiger partial charge in [0.05, 0.1) is 33.5 Å². The van der Waals surface area contributed by atoms with Gasteiger partial charge < -0.3 is 5.73 Å². The summed E-state index contributed by atoms with van der Waals surface area (Å²) in [6.07, 6.45) is 2.96. The molecule has 1 heterocycles. The van der Waals surface area contributed by atoms with Crippen molar-refractivity contribution in [3.05, 3.63) is 56.7 Å². The van der Waals surface area contributed by atoms with Crippen molar-refractivity contribution in [1.82, 2.24) is 4.90 Å². The summed E-state index contributed by atoms with van der Waals surface area (Å²) in [5.41, 5.74) is 6.21. The molecule has 0 saturated carbocycles. The molecule has 2 atom stereocenters. The molecule has 1 aromatic carbocycles. The molecular weight excluding hydrogens is 393 g/mol. The number of nitrogens with zero attached hydrogens (tertiary/aromatic N) is 4. The molecule has 0 fully saturated rings. The summed E-state index contributed by atoms with van der Waals surface area (Å²) >= 11 is 12.7. The normalized spacial score (nSPS) is 23.8. The fourth-order valence-corrected chi connectivity index (χ4v) is 4.77. The first-order valence-electron chi connectivity index (χ1n) is 9.04. The lowest BCUT2D eigenvalue weighted by molar-refractivity contribution is 0.207. The molecule has 0 unspecified atom stereocenters. The molecule has 0 spiro atoms. The Kier molecular flexibility index (Phi) is 5.69. The van der Waals surface area contributed by atoms with Gasteiger partial charge in [0.1, 0.15) is 6.07 Å². The third-order valence-corrected chi connectivity index (χ3v) is 6.43. The van der Waals surface area contributed by atoms with Gasteiger partial charge >= 0.3 is 0 Å². The molecule has 0 aromatic heterocycles. The van der Waals surface area contributed by atoms with E-state index in [4.69, 9.17) is 28.9 Å². The van der Waals surface area contributed by atoms with E-state index in [0.717, 1.165) is 18.5 Å². The van der Waals surface area contributed by atoms with Crippen LogP contribution >= 0.6 is 23.2 Å². The number of benzene rings is 1. The molecule has 2 N–H and O–H groups in total. The van der Waals surface area contributed by atoms with E-state index in [9.17, 15) is 15.8 Å². The lowest BCUT2D eigenvalue weighted by Crippen LogP contribution is -2.48. The fraction of sp³-hybridized carbons (Fsp3) is 0.381. The SMILES string of the molecule is CCCN1CC=C2C(C#N)=C(N)C(C#N)(C#N)[C@H](c3cccc(Cl)c3Cl)[C@@H]2C1. The molecule has 3 rings (SSSR count). The van der Waals surface area contributed by atoms with Crippen molar-refractivity contribution in [2.75, 3.05) is 19.6 Å². The van der Waals surface area contributed by atoms with Crippen LogP contribution in [0.4, 0.5) is 0 Å². The summed E-state index contributed by atoms with van der Waals surface area (Å²) in [6, 6.07) is 11.5. The molecule has 0 radical (unpaired) electrons. The van der Waals surface area contributed by atoms with Crippen LogP contribution in [0.1, 0.15) is 24.8 Å². The molecule has 7 heteroatoms. The number of halogens is 2. The molecule has 2 aliphatic rings.